The highest BCUT2D eigenvalue weighted by atomic mass is 16.5. The van der Waals surface area contributed by atoms with Gasteiger partial charge < -0.3 is 9.94 Å². The molecule has 4 heteroatoms. The summed E-state index contributed by atoms with van der Waals surface area (Å²) in [5, 5.41) is 11.4. The zero-order valence-corrected chi connectivity index (χ0v) is 8.41. The third-order valence-electron chi connectivity index (χ3n) is 1.47. The van der Waals surface area contributed by atoms with Crippen molar-refractivity contribution in [3.05, 3.63) is 0 Å². The van der Waals surface area contributed by atoms with Crippen LogP contribution in [0, 0.1) is 0 Å². The van der Waals surface area contributed by atoms with Gasteiger partial charge in [-0.3, -0.25) is 0 Å². The fourth-order valence-corrected chi connectivity index (χ4v) is 0.819. The van der Waals surface area contributed by atoms with Crippen molar-refractivity contribution < 1.29 is 14.7 Å². The number of rotatable bonds is 5. The third-order valence-corrected chi connectivity index (χ3v) is 1.47. The van der Waals surface area contributed by atoms with Crippen molar-refractivity contribution >= 4 is 11.7 Å². The molecule has 0 aliphatic carbocycles. The van der Waals surface area contributed by atoms with Crippen molar-refractivity contribution in [3.63, 3.8) is 0 Å². The maximum atomic E-state index is 11.2. The molecule has 0 atom stereocenters. The van der Waals surface area contributed by atoms with Gasteiger partial charge in [0.05, 0.1) is 6.10 Å². The topological polar surface area (TPSA) is 58.9 Å². The number of carbonyl (C=O) groups is 1. The van der Waals surface area contributed by atoms with Crippen LogP contribution in [0.5, 0.6) is 0 Å². The van der Waals surface area contributed by atoms with Gasteiger partial charge >= 0.3 is 5.97 Å². The van der Waals surface area contributed by atoms with Crippen LogP contribution in [0.2, 0.25) is 0 Å². The molecule has 0 spiro atoms. The Morgan fingerprint density at radius 2 is 2.15 bits per heavy atom. The van der Waals surface area contributed by atoms with Gasteiger partial charge in [-0.15, -0.1) is 0 Å². The van der Waals surface area contributed by atoms with Crippen molar-refractivity contribution in [3.8, 4) is 0 Å². The van der Waals surface area contributed by atoms with Crippen LogP contribution in [-0.4, -0.2) is 23.0 Å². The number of hydrogen-bond donors (Lipinski definition) is 1. The van der Waals surface area contributed by atoms with Gasteiger partial charge in [0.1, 0.15) is 0 Å². The molecule has 0 fully saturated rings. The van der Waals surface area contributed by atoms with Crippen molar-refractivity contribution in [2.45, 2.75) is 46.1 Å². The average Bonchev–Trinajstić information content (AvgIpc) is 2.04. The van der Waals surface area contributed by atoms with Crippen molar-refractivity contribution in [1.82, 2.24) is 0 Å². The highest BCUT2D eigenvalue weighted by Crippen LogP contribution is 2.00. The summed E-state index contributed by atoms with van der Waals surface area (Å²) in [6.07, 6.45) is 2.07. The van der Waals surface area contributed by atoms with E-state index >= 15 is 0 Å². The van der Waals surface area contributed by atoms with Crippen LogP contribution in [0.25, 0.3) is 0 Å². The summed E-state index contributed by atoms with van der Waals surface area (Å²) in [5.41, 5.74) is 0.107. The first-order valence-electron chi connectivity index (χ1n) is 4.53. The minimum atomic E-state index is -0.522. The molecular weight excluding hydrogens is 170 g/mol. The molecular formula is C9H17NO3. The van der Waals surface area contributed by atoms with Crippen LogP contribution >= 0.6 is 0 Å². The highest BCUT2D eigenvalue weighted by Gasteiger charge is 2.14. The summed E-state index contributed by atoms with van der Waals surface area (Å²) < 4.78 is 4.87. The lowest BCUT2D eigenvalue weighted by Crippen LogP contribution is -2.21. The quantitative estimate of drug-likeness (QED) is 0.310. The van der Waals surface area contributed by atoms with E-state index in [1.54, 1.807) is 13.8 Å². The predicted molar refractivity (Wildman–Crippen MR) is 50.0 cm³/mol. The van der Waals surface area contributed by atoms with E-state index < -0.39 is 5.97 Å². The molecule has 76 valence electrons. The molecule has 0 aromatic rings. The highest BCUT2D eigenvalue weighted by molar-refractivity contribution is 6.36. The molecule has 13 heavy (non-hydrogen) atoms. The lowest BCUT2D eigenvalue weighted by molar-refractivity contribution is -0.139. The second kappa shape index (κ2) is 6.46. The average molecular weight is 187 g/mol. The third kappa shape index (κ3) is 5.22. The number of carbonyl (C=O) groups excluding carboxylic acids is 1. The maximum absolute atomic E-state index is 11.2. The molecule has 0 amide bonds. The van der Waals surface area contributed by atoms with Crippen LogP contribution in [0.3, 0.4) is 0 Å². The molecule has 0 aromatic carbocycles. The number of hydrogen-bond acceptors (Lipinski definition) is 4. The molecule has 0 rings (SSSR count). The molecule has 0 unspecified atom stereocenters. The molecule has 0 aromatic heterocycles. The first kappa shape index (κ1) is 11.9. The summed E-state index contributed by atoms with van der Waals surface area (Å²) >= 11 is 0. The molecule has 0 saturated heterocycles. The summed E-state index contributed by atoms with van der Waals surface area (Å²) in [4.78, 5) is 11.2. The van der Waals surface area contributed by atoms with E-state index in [0.717, 1.165) is 12.8 Å². The van der Waals surface area contributed by atoms with Gasteiger partial charge in [0, 0.05) is 6.42 Å². The molecule has 0 heterocycles. The molecule has 0 bridgehead atoms. The number of nitrogens with zero attached hydrogens (tertiary/aromatic N) is 1. The van der Waals surface area contributed by atoms with Crippen LogP contribution in [-0.2, 0) is 9.53 Å². The summed E-state index contributed by atoms with van der Waals surface area (Å²) in [6.45, 7) is 5.52. The first-order valence-corrected chi connectivity index (χ1v) is 4.53. The van der Waals surface area contributed by atoms with Crippen molar-refractivity contribution in [2.75, 3.05) is 0 Å². The Bertz CT molecular complexity index is 187. The Kier molecular flexibility index (Phi) is 5.93. The SMILES string of the molecule is CCCCC(=NO)C(=O)OC(C)C. The minimum Gasteiger partial charge on any atom is -0.458 e. The molecule has 0 saturated carbocycles. The van der Waals surface area contributed by atoms with E-state index in [9.17, 15) is 4.79 Å². The monoisotopic (exact) mass is 187 g/mol. The fraction of sp³-hybridized carbons (Fsp3) is 0.778. The zero-order chi connectivity index (χ0) is 10.3. The summed E-state index contributed by atoms with van der Waals surface area (Å²) in [6, 6.07) is 0. The van der Waals surface area contributed by atoms with E-state index in [-0.39, 0.29) is 11.8 Å². The number of ether oxygens (including phenoxy) is 1. The second-order valence-corrected chi connectivity index (χ2v) is 3.10. The van der Waals surface area contributed by atoms with E-state index in [1.165, 1.54) is 0 Å². The Balaban J connectivity index is 4.02. The van der Waals surface area contributed by atoms with Gasteiger partial charge in [-0.05, 0) is 20.3 Å². The standard InChI is InChI=1S/C9H17NO3/c1-4-5-6-8(10-12)9(11)13-7(2)3/h7,12H,4-6H2,1-3H3. The lowest BCUT2D eigenvalue weighted by Gasteiger charge is -2.07. The van der Waals surface area contributed by atoms with Gasteiger partial charge in [0.15, 0.2) is 5.71 Å². The molecule has 0 aliphatic rings. The predicted octanol–water partition coefficient (Wildman–Crippen LogP) is 1.96. The van der Waals surface area contributed by atoms with Crippen molar-refractivity contribution in [1.29, 1.82) is 0 Å². The fourth-order valence-electron chi connectivity index (χ4n) is 0.819. The van der Waals surface area contributed by atoms with E-state index in [2.05, 4.69) is 5.16 Å². The first-order chi connectivity index (χ1) is 6.11. The largest absolute Gasteiger partial charge is 0.458 e. The van der Waals surface area contributed by atoms with Gasteiger partial charge in [-0.25, -0.2) is 4.79 Å². The summed E-state index contributed by atoms with van der Waals surface area (Å²) in [7, 11) is 0. The normalized spacial score (nSPS) is 11.8. The Morgan fingerprint density at radius 1 is 1.54 bits per heavy atom. The van der Waals surface area contributed by atoms with E-state index in [4.69, 9.17) is 9.94 Å². The summed E-state index contributed by atoms with van der Waals surface area (Å²) in [5.74, 6) is -0.522. The maximum Gasteiger partial charge on any atom is 0.356 e. The molecule has 0 aliphatic heterocycles. The van der Waals surface area contributed by atoms with Crippen LogP contribution < -0.4 is 0 Å². The Hall–Kier alpha value is -1.06. The Morgan fingerprint density at radius 3 is 2.54 bits per heavy atom. The van der Waals surface area contributed by atoms with Crippen molar-refractivity contribution in [2.24, 2.45) is 5.16 Å². The van der Waals surface area contributed by atoms with Crippen LogP contribution in [0.1, 0.15) is 40.0 Å². The molecule has 1 N–H and O–H groups in total. The van der Waals surface area contributed by atoms with Gasteiger partial charge in [-0.2, -0.15) is 0 Å². The number of esters is 1. The number of oxime groups is 1. The Labute approximate surface area is 78.6 Å². The molecule has 4 nitrogen and oxygen atoms in total. The van der Waals surface area contributed by atoms with E-state index in [0.29, 0.717) is 6.42 Å². The number of unbranched alkanes of at least 4 members (excludes halogenated alkanes) is 1. The van der Waals surface area contributed by atoms with E-state index in [1.807, 2.05) is 6.92 Å². The minimum absolute atomic E-state index is 0.107. The van der Waals surface area contributed by atoms with Gasteiger partial charge in [0.25, 0.3) is 0 Å². The van der Waals surface area contributed by atoms with Crippen LogP contribution in [0.15, 0.2) is 5.16 Å². The smallest absolute Gasteiger partial charge is 0.356 e. The van der Waals surface area contributed by atoms with Gasteiger partial charge in [-0.1, -0.05) is 18.5 Å². The van der Waals surface area contributed by atoms with Crippen LogP contribution in [0.4, 0.5) is 0 Å². The zero-order valence-electron chi connectivity index (χ0n) is 8.41. The lowest BCUT2D eigenvalue weighted by atomic mass is 10.2. The second-order valence-electron chi connectivity index (χ2n) is 3.10. The molecule has 0 radical (unpaired) electrons. The van der Waals surface area contributed by atoms with Gasteiger partial charge in [0.2, 0.25) is 0 Å².